The van der Waals surface area contributed by atoms with Gasteiger partial charge in [-0.25, -0.2) is 13.2 Å². The highest BCUT2D eigenvalue weighted by atomic mass is 32.2. The van der Waals surface area contributed by atoms with Crippen molar-refractivity contribution in [1.82, 2.24) is 5.32 Å². The number of rotatable bonds is 9. The van der Waals surface area contributed by atoms with E-state index in [1.807, 2.05) is 55.5 Å². The first kappa shape index (κ1) is 23.4. The van der Waals surface area contributed by atoms with Crippen molar-refractivity contribution in [3.63, 3.8) is 0 Å². The smallest absolute Gasteiger partial charge is 0.407 e. The van der Waals surface area contributed by atoms with Crippen LogP contribution in [0.1, 0.15) is 24.6 Å². The van der Waals surface area contributed by atoms with Crippen LogP contribution in [0.15, 0.2) is 74.7 Å². The lowest BCUT2D eigenvalue weighted by Crippen LogP contribution is -2.23. The standard InChI is InChI=1S/C23H25NO4S3/c1-3-4-12-28-23(25)24-16-19-10-11-22(29-19)30-20-13-18(17-8-6-5-7-9-17)14-21(15-20)31(2,26)27/h5-11,13-15H,3-4,12,16H2,1-2H3,(H,24,25). The summed E-state index contributed by atoms with van der Waals surface area (Å²) >= 11 is 3.07. The fourth-order valence-corrected chi connectivity index (χ4v) is 5.73. The average molecular weight is 476 g/mol. The van der Waals surface area contributed by atoms with Gasteiger partial charge in [-0.1, -0.05) is 55.4 Å². The van der Waals surface area contributed by atoms with E-state index in [0.29, 0.717) is 18.0 Å². The molecule has 0 saturated heterocycles. The van der Waals surface area contributed by atoms with E-state index >= 15 is 0 Å². The molecule has 0 fully saturated rings. The molecule has 31 heavy (non-hydrogen) atoms. The summed E-state index contributed by atoms with van der Waals surface area (Å²) in [5.41, 5.74) is 1.83. The van der Waals surface area contributed by atoms with Crippen molar-refractivity contribution in [1.29, 1.82) is 0 Å². The van der Waals surface area contributed by atoms with Crippen LogP contribution in [0.2, 0.25) is 0 Å². The molecule has 0 aliphatic carbocycles. The highest BCUT2D eigenvalue weighted by Gasteiger charge is 2.13. The summed E-state index contributed by atoms with van der Waals surface area (Å²) < 4.78 is 30.5. The Hall–Kier alpha value is -2.29. The Morgan fingerprint density at radius 2 is 1.84 bits per heavy atom. The molecular weight excluding hydrogens is 450 g/mol. The van der Waals surface area contributed by atoms with Crippen molar-refractivity contribution in [2.45, 2.75) is 40.3 Å². The van der Waals surface area contributed by atoms with E-state index in [1.165, 1.54) is 18.0 Å². The van der Waals surface area contributed by atoms with Crippen LogP contribution >= 0.6 is 23.1 Å². The van der Waals surface area contributed by atoms with Crippen molar-refractivity contribution in [2.24, 2.45) is 0 Å². The molecule has 1 N–H and O–H groups in total. The number of alkyl carbamates (subject to hydrolysis) is 1. The zero-order valence-electron chi connectivity index (χ0n) is 17.5. The SMILES string of the molecule is CCCCOC(=O)NCc1ccc(Sc2cc(-c3ccccc3)cc(S(C)(=O)=O)c2)s1. The lowest BCUT2D eigenvalue weighted by molar-refractivity contribution is 0.144. The maximum absolute atomic E-state index is 12.2. The molecule has 2 aromatic carbocycles. The van der Waals surface area contributed by atoms with E-state index in [4.69, 9.17) is 4.74 Å². The number of amides is 1. The number of carbonyl (C=O) groups is 1. The minimum Gasteiger partial charge on any atom is -0.450 e. The van der Waals surface area contributed by atoms with Crippen LogP contribution in [0.3, 0.4) is 0 Å². The molecule has 0 unspecified atom stereocenters. The second kappa shape index (κ2) is 10.8. The van der Waals surface area contributed by atoms with E-state index in [0.717, 1.165) is 38.0 Å². The third-order valence-corrected chi connectivity index (χ3v) is 7.69. The molecule has 3 rings (SSSR count). The van der Waals surface area contributed by atoms with Gasteiger partial charge in [0.1, 0.15) is 0 Å². The maximum atomic E-state index is 12.2. The molecule has 0 aliphatic rings. The number of hydrogen-bond donors (Lipinski definition) is 1. The number of thiophene rings is 1. The van der Waals surface area contributed by atoms with Crippen molar-refractivity contribution >= 4 is 39.0 Å². The second-order valence-electron chi connectivity index (χ2n) is 7.00. The zero-order valence-corrected chi connectivity index (χ0v) is 19.9. The first-order valence-corrected chi connectivity index (χ1v) is 13.5. The van der Waals surface area contributed by atoms with Gasteiger partial charge in [0.05, 0.1) is 22.3 Å². The van der Waals surface area contributed by atoms with Crippen LogP contribution in [-0.2, 0) is 21.1 Å². The highest BCUT2D eigenvalue weighted by molar-refractivity contribution is 8.01. The van der Waals surface area contributed by atoms with E-state index in [1.54, 1.807) is 23.5 Å². The van der Waals surface area contributed by atoms with Gasteiger partial charge in [-0.15, -0.1) is 11.3 Å². The number of benzene rings is 2. The number of unbranched alkanes of at least 4 members (excludes halogenated alkanes) is 1. The summed E-state index contributed by atoms with van der Waals surface area (Å²) in [6, 6.07) is 19.1. The molecule has 0 atom stereocenters. The molecule has 1 heterocycles. The Morgan fingerprint density at radius 1 is 1.06 bits per heavy atom. The van der Waals surface area contributed by atoms with Gasteiger partial charge in [-0.2, -0.15) is 0 Å². The van der Waals surface area contributed by atoms with Gasteiger partial charge in [0, 0.05) is 16.0 Å². The fraction of sp³-hybridized carbons (Fsp3) is 0.261. The van der Waals surface area contributed by atoms with Crippen molar-refractivity contribution in [3.05, 3.63) is 65.5 Å². The van der Waals surface area contributed by atoms with Gasteiger partial charge >= 0.3 is 6.09 Å². The number of sulfone groups is 1. The Balaban J connectivity index is 1.73. The predicted octanol–water partition coefficient (Wildman–Crippen LogP) is 6.00. The molecule has 1 aromatic heterocycles. The molecule has 0 bridgehead atoms. The quantitative estimate of drug-likeness (QED) is 0.385. The van der Waals surface area contributed by atoms with Crippen LogP contribution < -0.4 is 5.32 Å². The number of nitrogens with one attached hydrogen (secondary N) is 1. The Kier molecular flexibility index (Phi) is 8.17. The van der Waals surface area contributed by atoms with E-state index in [2.05, 4.69) is 5.32 Å². The fourth-order valence-electron chi connectivity index (χ4n) is 2.79. The summed E-state index contributed by atoms with van der Waals surface area (Å²) in [5.74, 6) is 0. The van der Waals surface area contributed by atoms with Gasteiger partial charge in [0.25, 0.3) is 0 Å². The third kappa shape index (κ3) is 7.12. The van der Waals surface area contributed by atoms with Crippen molar-refractivity contribution in [2.75, 3.05) is 12.9 Å². The minimum atomic E-state index is -3.34. The molecule has 8 heteroatoms. The molecular formula is C23H25NO4S3. The summed E-state index contributed by atoms with van der Waals surface area (Å²) in [6.07, 6.45) is 2.64. The highest BCUT2D eigenvalue weighted by Crippen LogP contribution is 2.37. The molecule has 164 valence electrons. The predicted molar refractivity (Wildman–Crippen MR) is 127 cm³/mol. The molecule has 0 aliphatic heterocycles. The maximum Gasteiger partial charge on any atom is 0.407 e. The first-order valence-electron chi connectivity index (χ1n) is 9.93. The zero-order chi connectivity index (χ0) is 22.3. The average Bonchev–Trinajstić information content (AvgIpc) is 3.19. The van der Waals surface area contributed by atoms with E-state index in [9.17, 15) is 13.2 Å². The molecule has 1 amide bonds. The first-order chi connectivity index (χ1) is 14.8. The largest absolute Gasteiger partial charge is 0.450 e. The molecule has 0 spiro atoms. The lowest BCUT2D eigenvalue weighted by atomic mass is 10.1. The topological polar surface area (TPSA) is 72.5 Å². The summed E-state index contributed by atoms with van der Waals surface area (Å²) in [7, 11) is -3.34. The Bertz CT molecular complexity index is 1120. The lowest BCUT2D eigenvalue weighted by Gasteiger charge is -2.08. The van der Waals surface area contributed by atoms with Crippen LogP contribution in [0, 0.1) is 0 Å². The van der Waals surface area contributed by atoms with Crippen LogP contribution in [0.25, 0.3) is 11.1 Å². The van der Waals surface area contributed by atoms with Crippen molar-refractivity contribution < 1.29 is 17.9 Å². The monoisotopic (exact) mass is 475 g/mol. The van der Waals surface area contributed by atoms with E-state index in [-0.39, 0.29) is 0 Å². The van der Waals surface area contributed by atoms with Gasteiger partial charge in [0.2, 0.25) is 0 Å². The summed E-state index contributed by atoms with van der Waals surface area (Å²) in [5, 5.41) is 2.76. The third-order valence-electron chi connectivity index (χ3n) is 4.41. The van der Waals surface area contributed by atoms with Gasteiger partial charge in [-0.05, 0) is 47.9 Å². The van der Waals surface area contributed by atoms with Gasteiger partial charge in [-0.3, -0.25) is 0 Å². The van der Waals surface area contributed by atoms with Crippen LogP contribution in [-0.4, -0.2) is 27.4 Å². The molecule has 3 aromatic rings. The number of hydrogen-bond acceptors (Lipinski definition) is 6. The normalized spacial score (nSPS) is 11.3. The van der Waals surface area contributed by atoms with E-state index < -0.39 is 15.9 Å². The Labute approximate surface area is 191 Å². The summed E-state index contributed by atoms with van der Waals surface area (Å²) in [4.78, 5) is 13.8. The molecule has 5 nitrogen and oxygen atoms in total. The van der Waals surface area contributed by atoms with Crippen molar-refractivity contribution in [3.8, 4) is 11.1 Å². The molecule has 0 saturated carbocycles. The van der Waals surface area contributed by atoms with Gasteiger partial charge < -0.3 is 10.1 Å². The Morgan fingerprint density at radius 3 is 2.55 bits per heavy atom. The second-order valence-corrected chi connectivity index (χ2v) is 11.6. The number of ether oxygens (including phenoxy) is 1. The minimum absolute atomic E-state index is 0.296. The van der Waals surface area contributed by atoms with Gasteiger partial charge in [0.15, 0.2) is 9.84 Å². The number of carbonyl (C=O) groups excluding carboxylic acids is 1. The van der Waals surface area contributed by atoms with Crippen LogP contribution in [0.4, 0.5) is 4.79 Å². The van der Waals surface area contributed by atoms with Crippen LogP contribution in [0.5, 0.6) is 0 Å². The summed E-state index contributed by atoms with van der Waals surface area (Å²) in [6.45, 7) is 2.86. The molecule has 0 radical (unpaired) electrons.